The highest BCUT2D eigenvalue weighted by atomic mass is 79.9. The van der Waals surface area contributed by atoms with Crippen LogP contribution >= 0.6 is 15.9 Å². The molecular weight excluding hydrogens is 306 g/mol. The van der Waals surface area contributed by atoms with Crippen molar-refractivity contribution in [1.82, 2.24) is 9.97 Å². The molecule has 5 heteroatoms. The third kappa shape index (κ3) is 3.81. The van der Waals surface area contributed by atoms with E-state index in [2.05, 4.69) is 44.8 Å². The zero-order valence-corrected chi connectivity index (χ0v) is 13.3. The Hall–Kier alpha value is -0.840. The third-order valence-electron chi connectivity index (χ3n) is 3.53. The molecule has 1 saturated carbocycles. The highest BCUT2D eigenvalue weighted by molar-refractivity contribution is 9.09. The summed E-state index contributed by atoms with van der Waals surface area (Å²) in [5.41, 5.74) is 0. The topological polar surface area (TPSA) is 38.2 Å². The zero-order valence-electron chi connectivity index (χ0n) is 11.7. The first kappa shape index (κ1) is 14.6. The standard InChI is InChI=1S/C14H22BrN3O/c1-3-10-19-13-8-9-16-14(17-13)18(2)12-7-5-4-6-11(12)15/h8-9,11-12H,3-7,10H2,1-2H3. The Kier molecular flexibility index (Phi) is 5.43. The first-order valence-corrected chi connectivity index (χ1v) is 7.96. The lowest BCUT2D eigenvalue weighted by atomic mass is 9.94. The fourth-order valence-electron chi connectivity index (χ4n) is 2.44. The van der Waals surface area contributed by atoms with Crippen molar-refractivity contribution in [2.24, 2.45) is 0 Å². The number of aromatic nitrogens is 2. The van der Waals surface area contributed by atoms with Crippen molar-refractivity contribution in [3.63, 3.8) is 0 Å². The SMILES string of the molecule is CCCOc1ccnc(N(C)C2CCCCC2Br)n1. The average molecular weight is 328 g/mol. The van der Waals surface area contributed by atoms with Crippen LogP contribution in [0.1, 0.15) is 39.0 Å². The van der Waals surface area contributed by atoms with Gasteiger partial charge in [0.05, 0.1) is 6.61 Å². The molecule has 0 amide bonds. The maximum absolute atomic E-state index is 5.57. The van der Waals surface area contributed by atoms with Crippen molar-refractivity contribution in [2.45, 2.75) is 49.9 Å². The summed E-state index contributed by atoms with van der Waals surface area (Å²) in [6.07, 6.45) is 7.76. The molecule has 19 heavy (non-hydrogen) atoms. The van der Waals surface area contributed by atoms with Crippen LogP contribution < -0.4 is 9.64 Å². The second-order valence-electron chi connectivity index (χ2n) is 5.02. The maximum Gasteiger partial charge on any atom is 0.228 e. The highest BCUT2D eigenvalue weighted by Crippen LogP contribution is 2.29. The number of rotatable bonds is 5. The van der Waals surface area contributed by atoms with Crippen molar-refractivity contribution in [1.29, 1.82) is 0 Å². The van der Waals surface area contributed by atoms with E-state index >= 15 is 0 Å². The van der Waals surface area contributed by atoms with Gasteiger partial charge in [0.1, 0.15) is 0 Å². The van der Waals surface area contributed by atoms with Crippen molar-refractivity contribution in [3.8, 4) is 5.88 Å². The van der Waals surface area contributed by atoms with Crippen LogP contribution in [-0.2, 0) is 0 Å². The molecule has 0 N–H and O–H groups in total. The predicted octanol–water partition coefficient (Wildman–Crippen LogP) is 3.41. The minimum atomic E-state index is 0.468. The molecule has 4 nitrogen and oxygen atoms in total. The Morgan fingerprint density at radius 1 is 1.42 bits per heavy atom. The normalized spacial score (nSPS) is 23.1. The number of halogens is 1. The van der Waals surface area contributed by atoms with Crippen LogP contribution in [0.2, 0.25) is 0 Å². The van der Waals surface area contributed by atoms with Crippen molar-refractivity contribution in [3.05, 3.63) is 12.3 Å². The van der Waals surface area contributed by atoms with Gasteiger partial charge in [-0.05, 0) is 19.3 Å². The van der Waals surface area contributed by atoms with E-state index in [1.54, 1.807) is 6.20 Å². The van der Waals surface area contributed by atoms with Crippen LogP contribution in [0.3, 0.4) is 0 Å². The molecule has 1 aromatic rings. The third-order valence-corrected chi connectivity index (χ3v) is 4.60. The summed E-state index contributed by atoms with van der Waals surface area (Å²) in [7, 11) is 2.07. The lowest BCUT2D eigenvalue weighted by Gasteiger charge is -2.35. The highest BCUT2D eigenvalue weighted by Gasteiger charge is 2.27. The fourth-order valence-corrected chi connectivity index (χ4v) is 3.38. The molecule has 1 aliphatic rings. The van der Waals surface area contributed by atoms with Crippen molar-refractivity contribution < 1.29 is 4.74 Å². The van der Waals surface area contributed by atoms with Crippen LogP contribution in [0.5, 0.6) is 5.88 Å². The predicted molar refractivity (Wildman–Crippen MR) is 81.2 cm³/mol. The van der Waals surface area contributed by atoms with Gasteiger partial charge in [-0.1, -0.05) is 35.7 Å². The molecule has 0 spiro atoms. The van der Waals surface area contributed by atoms with Gasteiger partial charge < -0.3 is 9.64 Å². The summed E-state index contributed by atoms with van der Waals surface area (Å²) in [4.78, 5) is 11.6. The van der Waals surface area contributed by atoms with Gasteiger partial charge in [0.15, 0.2) is 0 Å². The van der Waals surface area contributed by atoms with Gasteiger partial charge in [0.2, 0.25) is 11.8 Å². The molecule has 1 aromatic heterocycles. The van der Waals surface area contributed by atoms with Gasteiger partial charge in [-0.15, -0.1) is 0 Å². The van der Waals surface area contributed by atoms with E-state index in [0.29, 0.717) is 23.4 Å². The zero-order chi connectivity index (χ0) is 13.7. The minimum absolute atomic E-state index is 0.468. The Balaban J connectivity index is 2.07. The van der Waals surface area contributed by atoms with Gasteiger partial charge in [-0.25, -0.2) is 4.98 Å². The van der Waals surface area contributed by atoms with E-state index in [9.17, 15) is 0 Å². The summed E-state index contributed by atoms with van der Waals surface area (Å²) in [6.45, 7) is 2.79. The molecular formula is C14H22BrN3O. The molecule has 0 aliphatic heterocycles. The summed E-state index contributed by atoms with van der Waals surface area (Å²) < 4.78 is 5.57. The first-order chi connectivity index (χ1) is 9.22. The van der Waals surface area contributed by atoms with Gasteiger partial charge >= 0.3 is 0 Å². The van der Waals surface area contributed by atoms with E-state index in [-0.39, 0.29) is 0 Å². The molecule has 0 saturated heterocycles. The second kappa shape index (κ2) is 7.08. The summed E-state index contributed by atoms with van der Waals surface area (Å²) in [5, 5.41) is 0. The van der Waals surface area contributed by atoms with Crippen LogP contribution in [0.15, 0.2) is 12.3 Å². The molecule has 2 rings (SSSR count). The smallest absolute Gasteiger partial charge is 0.228 e. The Morgan fingerprint density at radius 2 is 2.21 bits per heavy atom. The molecule has 0 bridgehead atoms. The van der Waals surface area contributed by atoms with Crippen LogP contribution in [-0.4, -0.2) is 34.5 Å². The van der Waals surface area contributed by atoms with E-state index in [1.807, 2.05) is 6.07 Å². The van der Waals surface area contributed by atoms with Crippen molar-refractivity contribution >= 4 is 21.9 Å². The molecule has 1 heterocycles. The lowest BCUT2D eigenvalue weighted by Crippen LogP contribution is -2.41. The van der Waals surface area contributed by atoms with E-state index in [4.69, 9.17) is 4.74 Å². The van der Waals surface area contributed by atoms with E-state index in [0.717, 1.165) is 12.4 Å². The van der Waals surface area contributed by atoms with E-state index in [1.165, 1.54) is 25.7 Å². The molecule has 1 aliphatic carbocycles. The number of alkyl halides is 1. The molecule has 0 radical (unpaired) electrons. The number of hydrogen-bond acceptors (Lipinski definition) is 4. The number of hydrogen-bond donors (Lipinski definition) is 0. The number of ether oxygens (including phenoxy) is 1. The monoisotopic (exact) mass is 327 g/mol. The first-order valence-electron chi connectivity index (χ1n) is 7.05. The van der Waals surface area contributed by atoms with Crippen LogP contribution in [0.25, 0.3) is 0 Å². The van der Waals surface area contributed by atoms with Gasteiger partial charge in [-0.2, -0.15) is 4.98 Å². The Bertz CT molecular complexity index is 402. The van der Waals surface area contributed by atoms with E-state index < -0.39 is 0 Å². The molecule has 106 valence electrons. The Labute approximate surface area is 123 Å². The summed E-state index contributed by atoms with van der Waals surface area (Å²) >= 11 is 3.78. The van der Waals surface area contributed by atoms with Gasteiger partial charge in [-0.3, -0.25) is 0 Å². The molecule has 0 aromatic carbocycles. The lowest BCUT2D eigenvalue weighted by molar-refractivity contribution is 0.304. The Morgan fingerprint density at radius 3 is 2.95 bits per heavy atom. The van der Waals surface area contributed by atoms with Gasteiger partial charge in [0.25, 0.3) is 0 Å². The summed E-state index contributed by atoms with van der Waals surface area (Å²) in [5.74, 6) is 1.42. The number of nitrogens with zero attached hydrogens (tertiary/aromatic N) is 3. The largest absolute Gasteiger partial charge is 0.478 e. The second-order valence-corrected chi connectivity index (χ2v) is 6.20. The minimum Gasteiger partial charge on any atom is -0.478 e. The number of anilines is 1. The van der Waals surface area contributed by atoms with Crippen molar-refractivity contribution in [2.75, 3.05) is 18.6 Å². The quantitative estimate of drug-likeness (QED) is 0.777. The average Bonchev–Trinajstić information content (AvgIpc) is 2.45. The summed E-state index contributed by atoms with van der Waals surface area (Å²) in [6, 6.07) is 2.29. The van der Waals surface area contributed by atoms with Crippen LogP contribution in [0, 0.1) is 0 Å². The molecule has 1 fully saturated rings. The fraction of sp³-hybridized carbons (Fsp3) is 0.714. The van der Waals surface area contributed by atoms with Crippen LogP contribution in [0.4, 0.5) is 5.95 Å². The maximum atomic E-state index is 5.57. The molecule has 2 atom stereocenters. The molecule has 2 unspecified atom stereocenters. The van der Waals surface area contributed by atoms with Gasteiger partial charge in [0, 0.05) is 30.2 Å².